The first-order chi connectivity index (χ1) is 12.9. The summed E-state index contributed by atoms with van der Waals surface area (Å²) in [5, 5.41) is 4.85. The smallest absolute Gasteiger partial charge is 0.162 e. The molecule has 4 nitrogen and oxygen atoms in total. The van der Waals surface area contributed by atoms with Crippen molar-refractivity contribution in [1.29, 1.82) is 0 Å². The molecule has 1 N–H and O–H groups in total. The molecule has 0 spiro atoms. The predicted octanol–water partition coefficient (Wildman–Crippen LogP) is 5.08. The Morgan fingerprint density at radius 2 is 1.23 bits per heavy atom. The summed E-state index contributed by atoms with van der Waals surface area (Å²) in [6, 6.07) is 30.5. The number of aromatic amines is 1. The maximum absolute atomic E-state index is 4.87. The zero-order valence-electron chi connectivity index (χ0n) is 14.0. The SMILES string of the molecule is c1ccc(-c2nc3c(-c4ccccc4)nn(-c4ccccc4)c3[nH]2)cc1. The summed E-state index contributed by atoms with van der Waals surface area (Å²) in [4.78, 5) is 8.33. The van der Waals surface area contributed by atoms with Crippen molar-refractivity contribution in [2.45, 2.75) is 0 Å². The van der Waals surface area contributed by atoms with Crippen LogP contribution >= 0.6 is 0 Å². The monoisotopic (exact) mass is 336 g/mol. The molecule has 0 bridgehead atoms. The molecule has 0 amide bonds. The number of rotatable bonds is 3. The van der Waals surface area contributed by atoms with Gasteiger partial charge in [-0.1, -0.05) is 78.9 Å². The number of hydrogen-bond acceptors (Lipinski definition) is 2. The van der Waals surface area contributed by atoms with Gasteiger partial charge >= 0.3 is 0 Å². The van der Waals surface area contributed by atoms with Crippen molar-refractivity contribution in [3.63, 3.8) is 0 Å². The standard InChI is InChI=1S/C22H16N4/c1-4-10-16(11-5-1)19-20-22(26(25-19)18-14-8-3-9-15-18)24-21(23-20)17-12-6-2-7-13-17/h1-15H,(H,23,24). The second kappa shape index (κ2) is 6.01. The largest absolute Gasteiger partial charge is 0.322 e. The Labute approximate surface area is 150 Å². The van der Waals surface area contributed by atoms with E-state index < -0.39 is 0 Å². The lowest BCUT2D eigenvalue weighted by molar-refractivity contribution is 0.901. The van der Waals surface area contributed by atoms with E-state index in [0.717, 1.165) is 39.5 Å². The van der Waals surface area contributed by atoms with Crippen LogP contribution in [0.3, 0.4) is 0 Å². The second-order valence-electron chi connectivity index (χ2n) is 6.11. The molecule has 0 saturated carbocycles. The van der Waals surface area contributed by atoms with E-state index in [0.29, 0.717) is 0 Å². The molecule has 5 aromatic rings. The molecule has 26 heavy (non-hydrogen) atoms. The van der Waals surface area contributed by atoms with Crippen LogP contribution in [-0.2, 0) is 0 Å². The third kappa shape index (κ3) is 2.40. The van der Waals surface area contributed by atoms with E-state index in [4.69, 9.17) is 10.1 Å². The average molecular weight is 336 g/mol. The van der Waals surface area contributed by atoms with Crippen LogP contribution in [0.15, 0.2) is 91.0 Å². The molecular weight excluding hydrogens is 320 g/mol. The van der Waals surface area contributed by atoms with E-state index in [1.807, 2.05) is 71.4 Å². The number of benzene rings is 3. The number of nitrogens with one attached hydrogen (secondary N) is 1. The Hall–Kier alpha value is -3.66. The highest BCUT2D eigenvalue weighted by Crippen LogP contribution is 2.30. The van der Waals surface area contributed by atoms with E-state index in [1.165, 1.54) is 0 Å². The lowest BCUT2D eigenvalue weighted by atomic mass is 10.1. The molecule has 0 fully saturated rings. The van der Waals surface area contributed by atoms with Gasteiger partial charge in [-0.3, -0.25) is 0 Å². The van der Waals surface area contributed by atoms with Crippen molar-refractivity contribution in [2.24, 2.45) is 0 Å². The first kappa shape index (κ1) is 14.7. The summed E-state index contributed by atoms with van der Waals surface area (Å²) >= 11 is 0. The van der Waals surface area contributed by atoms with Crippen molar-refractivity contribution >= 4 is 11.2 Å². The van der Waals surface area contributed by atoms with Gasteiger partial charge in [-0.2, -0.15) is 5.10 Å². The van der Waals surface area contributed by atoms with Crippen molar-refractivity contribution in [3.8, 4) is 28.3 Å². The third-order valence-electron chi connectivity index (χ3n) is 4.42. The van der Waals surface area contributed by atoms with E-state index in [1.54, 1.807) is 0 Å². The Balaban J connectivity index is 1.78. The van der Waals surface area contributed by atoms with Gasteiger partial charge in [0.15, 0.2) is 5.65 Å². The second-order valence-corrected chi connectivity index (χ2v) is 6.11. The van der Waals surface area contributed by atoms with Gasteiger partial charge in [-0.25, -0.2) is 9.67 Å². The van der Waals surface area contributed by atoms with Gasteiger partial charge in [-0.15, -0.1) is 0 Å². The number of hydrogen-bond donors (Lipinski definition) is 1. The fourth-order valence-electron chi connectivity index (χ4n) is 3.16. The fourth-order valence-corrected chi connectivity index (χ4v) is 3.16. The average Bonchev–Trinajstić information content (AvgIpc) is 3.29. The van der Waals surface area contributed by atoms with E-state index in [-0.39, 0.29) is 0 Å². The van der Waals surface area contributed by atoms with Crippen LogP contribution in [-0.4, -0.2) is 19.7 Å². The molecule has 0 aliphatic rings. The van der Waals surface area contributed by atoms with Crippen molar-refractivity contribution in [3.05, 3.63) is 91.0 Å². The molecule has 4 heteroatoms. The van der Waals surface area contributed by atoms with Gasteiger partial charge in [0.25, 0.3) is 0 Å². The summed E-state index contributed by atoms with van der Waals surface area (Å²) < 4.78 is 1.93. The van der Waals surface area contributed by atoms with Crippen LogP contribution in [0.25, 0.3) is 39.5 Å². The van der Waals surface area contributed by atoms with E-state index in [9.17, 15) is 0 Å². The Bertz CT molecular complexity index is 1080. The minimum Gasteiger partial charge on any atom is -0.322 e. The maximum Gasteiger partial charge on any atom is 0.162 e. The molecule has 2 heterocycles. The highest BCUT2D eigenvalue weighted by Gasteiger charge is 2.18. The van der Waals surface area contributed by atoms with Gasteiger partial charge < -0.3 is 4.98 Å². The zero-order valence-corrected chi connectivity index (χ0v) is 14.0. The quantitative estimate of drug-likeness (QED) is 0.499. The molecule has 5 rings (SSSR count). The predicted molar refractivity (Wildman–Crippen MR) is 104 cm³/mol. The summed E-state index contributed by atoms with van der Waals surface area (Å²) in [6.07, 6.45) is 0. The van der Waals surface area contributed by atoms with Crippen molar-refractivity contribution in [1.82, 2.24) is 19.7 Å². The van der Waals surface area contributed by atoms with E-state index in [2.05, 4.69) is 29.2 Å². The number of imidazole rings is 1. The topological polar surface area (TPSA) is 46.5 Å². The van der Waals surface area contributed by atoms with Crippen LogP contribution in [0.2, 0.25) is 0 Å². The summed E-state index contributed by atoms with van der Waals surface area (Å²) in [6.45, 7) is 0. The minimum atomic E-state index is 0.847. The van der Waals surface area contributed by atoms with Crippen LogP contribution in [0, 0.1) is 0 Å². The molecule has 0 aliphatic carbocycles. The number of para-hydroxylation sites is 1. The lowest BCUT2D eigenvalue weighted by Gasteiger charge is -2.02. The molecular formula is C22H16N4. The van der Waals surface area contributed by atoms with Crippen molar-refractivity contribution in [2.75, 3.05) is 0 Å². The first-order valence-corrected chi connectivity index (χ1v) is 8.55. The maximum atomic E-state index is 4.87. The van der Waals surface area contributed by atoms with Gasteiger partial charge in [0.1, 0.15) is 17.0 Å². The molecule has 3 aromatic carbocycles. The Kier molecular flexibility index (Phi) is 3.39. The minimum absolute atomic E-state index is 0.847. The molecule has 2 aromatic heterocycles. The lowest BCUT2D eigenvalue weighted by Crippen LogP contribution is -1.97. The summed E-state index contributed by atoms with van der Waals surface area (Å²) in [7, 11) is 0. The molecule has 0 atom stereocenters. The molecule has 0 unspecified atom stereocenters. The summed E-state index contributed by atoms with van der Waals surface area (Å²) in [5.74, 6) is 0.847. The Morgan fingerprint density at radius 1 is 0.654 bits per heavy atom. The normalized spacial score (nSPS) is 11.1. The van der Waals surface area contributed by atoms with Crippen LogP contribution in [0.1, 0.15) is 0 Å². The van der Waals surface area contributed by atoms with Crippen LogP contribution < -0.4 is 0 Å². The highest BCUT2D eigenvalue weighted by atomic mass is 15.3. The van der Waals surface area contributed by atoms with Crippen LogP contribution in [0.5, 0.6) is 0 Å². The first-order valence-electron chi connectivity index (χ1n) is 8.55. The zero-order chi connectivity index (χ0) is 17.3. The molecule has 0 saturated heterocycles. The Morgan fingerprint density at radius 3 is 1.88 bits per heavy atom. The van der Waals surface area contributed by atoms with Gasteiger partial charge in [0.05, 0.1) is 5.69 Å². The number of H-pyrrole nitrogens is 1. The van der Waals surface area contributed by atoms with E-state index >= 15 is 0 Å². The van der Waals surface area contributed by atoms with Crippen LogP contribution in [0.4, 0.5) is 0 Å². The number of nitrogens with zero attached hydrogens (tertiary/aromatic N) is 3. The number of aromatic nitrogens is 4. The van der Waals surface area contributed by atoms with Gasteiger partial charge in [0.2, 0.25) is 0 Å². The number of fused-ring (bicyclic) bond motifs is 1. The van der Waals surface area contributed by atoms with Gasteiger partial charge in [-0.05, 0) is 12.1 Å². The fraction of sp³-hybridized carbons (Fsp3) is 0. The third-order valence-corrected chi connectivity index (χ3v) is 4.42. The van der Waals surface area contributed by atoms with Gasteiger partial charge in [0, 0.05) is 11.1 Å². The van der Waals surface area contributed by atoms with Crippen molar-refractivity contribution < 1.29 is 0 Å². The molecule has 0 aliphatic heterocycles. The molecule has 124 valence electrons. The molecule has 0 radical (unpaired) electrons. The highest BCUT2D eigenvalue weighted by molar-refractivity contribution is 5.91. The summed E-state index contributed by atoms with van der Waals surface area (Å²) in [5.41, 5.74) is 5.76.